The van der Waals surface area contributed by atoms with Crippen molar-refractivity contribution in [2.75, 3.05) is 13.1 Å². The summed E-state index contributed by atoms with van der Waals surface area (Å²) in [5.41, 5.74) is 3.10. The quantitative estimate of drug-likeness (QED) is 0.839. The molecule has 3 fully saturated rings. The van der Waals surface area contributed by atoms with Gasteiger partial charge in [0.1, 0.15) is 0 Å². The van der Waals surface area contributed by atoms with Gasteiger partial charge in [-0.2, -0.15) is 0 Å². The number of amides is 2. The molecule has 0 unspecified atom stereocenters. The fourth-order valence-electron chi connectivity index (χ4n) is 4.20. The number of hydrogen-bond acceptors (Lipinski definition) is 3. The first-order valence-electron chi connectivity index (χ1n) is 9.64. The van der Waals surface area contributed by atoms with E-state index in [-0.39, 0.29) is 23.8 Å². The van der Waals surface area contributed by atoms with Crippen LogP contribution in [-0.2, 0) is 22.6 Å². The van der Waals surface area contributed by atoms with E-state index in [9.17, 15) is 9.59 Å². The number of aromatic nitrogens is 1. The van der Waals surface area contributed by atoms with Crippen LogP contribution in [0, 0.1) is 12.8 Å². The van der Waals surface area contributed by atoms with Crippen molar-refractivity contribution < 1.29 is 9.59 Å². The molecule has 5 heteroatoms. The number of nitrogens with zero attached hydrogens (tertiary/aromatic N) is 3. The van der Waals surface area contributed by atoms with Gasteiger partial charge < -0.3 is 9.80 Å². The summed E-state index contributed by atoms with van der Waals surface area (Å²) < 4.78 is 0. The number of fused-ring (bicyclic) bond motifs is 4. The summed E-state index contributed by atoms with van der Waals surface area (Å²) in [5, 5.41) is 0. The first-order chi connectivity index (χ1) is 13.1. The number of aryl methyl sites for hydroxylation is 1. The second-order valence-corrected chi connectivity index (χ2v) is 7.62. The minimum atomic E-state index is -0.0896. The van der Waals surface area contributed by atoms with Crippen LogP contribution in [0.15, 0.2) is 48.7 Å². The third-order valence-electron chi connectivity index (χ3n) is 5.81. The monoisotopic (exact) mass is 363 g/mol. The highest BCUT2D eigenvalue weighted by molar-refractivity contribution is 5.84. The van der Waals surface area contributed by atoms with Crippen molar-refractivity contribution in [1.82, 2.24) is 14.8 Å². The lowest BCUT2D eigenvalue weighted by molar-refractivity contribution is -0.140. The number of carbonyl (C=O) groups excluding carboxylic acids is 2. The van der Waals surface area contributed by atoms with Crippen LogP contribution in [0.3, 0.4) is 0 Å². The molecule has 5 nitrogen and oxygen atoms in total. The van der Waals surface area contributed by atoms with Gasteiger partial charge in [0.05, 0.1) is 24.6 Å². The van der Waals surface area contributed by atoms with E-state index in [0.717, 1.165) is 29.7 Å². The topological polar surface area (TPSA) is 53.5 Å². The van der Waals surface area contributed by atoms with Gasteiger partial charge in [-0.05, 0) is 43.0 Å². The minimum absolute atomic E-state index is 0.0825. The summed E-state index contributed by atoms with van der Waals surface area (Å²) in [7, 11) is 0. The molecule has 27 heavy (non-hydrogen) atoms. The van der Waals surface area contributed by atoms with Gasteiger partial charge in [0.2, 0.25) is 11.8 Å². The highest BCUT2D eigenvalue weighted by Gasteiger charge is 2.41. The van der Waals surface area contributed by atoms with E-state index in [1.807, 2.05) is 59.2 Å². The minimum Gasteiger partial charge on any atom is -0.340 e. The van der Waals surface area contributed by atoms with Crippen LogP contribution in [0.2, 0.25) is 0 Å². The molecule has 3 aliphatic heterocycles. The van der Waals surface area contributed by atoms with Gasteiger partial charge >= 0.3 is 0 Å². The molecule has 0 saturated carbocycles. The van der Waals surface area contributed by atoms with Gasteiger partial charge in [-0.25, -0.2) is 0 Å². The van der Waals surface area contributed by atoms with Gasteiger partial charge in [-0.1, -0.05) is 30.3 Å². The second kappa shape index (κ2) is 7.51. The van der Waals surface area contributed by atoms with Gasteiger partial charge in [-0.15, -0.1) is 0 Å². The first-order valence-corrected chi connectivity index (χ1v) is 9.64. The molecule has 0 aliphatic carbocycles. The molecule has 2 amide bonds. The highest BCUT2D eigenvalue weighted by atomic mass is 16.2. The Morgan fingerprint density at radius 3 is 2.70 bits per heavy atom. The SMILES string of the molecule is Cc1ccccc1CC(=O)N1C[C@@H]2CC[C@H](C1)N(Cc1ccccn1)C2=O. The van der Waals surface area contributed by atoms with Crippen molar-refractivity contribution in [3.63, 3.8) is 0 Å². The smallest absolute Gasteiger partial charge is 0.228 e. The maximum absolute atomic E-state index is 13.0. The summed E-state index contributed by atoms with van der Waals surface area (Å²) in [6.45, 7) is 3.73. The molecule has 140 valence electrons. The number of pyridine rings is 1. The normalized spacial score (nSPS) is 22.0. The fourth-order valence-corrected chi connectivity index (χ4v) is 4.20. The van der Waals surface area contributed by atoms with Crippen LogP contribution >= 0.6 is 0 Å². The van der Waals surface area contributed by atoms with Crippen molar-refractivity contribution in [2.24, 2.45) is 5.92 Å². The summed E-state index contributed by atoms with van der Waals surface area (Å²) >= 11 is 0. The van der Waals surface area contributed by atoms with Gasteiger partial charge in [0.15, 0.2) is 0 Å². The highest BCUT2D eigenvalue weighted by Crippen LogP contribution is 2.30. The average molecular weight is 363 g/mol. The molecule has 4 heterocycles. The van der Waals surface area contributed by atoms with E-state index >= 15 is 0 Å². The number of benzene rings is 1. The van der Waals surface area contributed by atoms with E-state index in [0.29, 0.717) is 26.1 Å². The predicted molar refractivity (Wildman–Crippen MR) is 103 cm³/mol. The van der Waals surface area contributed by atoms with Crippen LogP contribution < -0.4 is 0 Å². The summed E-state index contributed by atoms with van der Waals surface area (Å²) in [4.78, 5) is 34.1. The maximum atomic E-state index is 13.0. The van der Waals surface area contributed by atoms with Crippen LogP contribution in [0.4, 0.5) is 0 Å². The molecular formula is C22H25N3O2. The molecule has 3 saturated heterocycles. The van der Waals surface area contributed by atoms with E-state index in [4.69, 9.17) is 0 Å². The number of rotatable bonds is 4. The predicted octanol–water partition coefficient (Wildman–Crippen LogP) is 2.58. The van der Waals surface area contributed by atoms with Gasteiger partial charge in [-0.3, -0.25) is 14.6 Å². The van der Waals surface area contributed by atoms with E-state index < -0.39 is 0 Å². The van der Waals surface area contributed by atoms with Crippen molar-refractivity contribution >= 4 is 11.8 Å². The summed E-state index contributed by atoms with van der Waals surface area (Å²) in [6.07, 6.45) is 3.99. The zero-order valence-corrected chi connectivity index (χ0v) is 15.7. The Balaban J connectivity index is 1.49. The van der Waals surface area contributed by atoms with Crippen molar-refractivity contribution in [2.45, 2.75) is 38.8 Å². The Kier molecular flexibility index (Phi) is 4.92. The molecule has 1 aromatic carbocycles. The molecule has 2 bridgehead atoms. The second-order valence-electron chi connectivity index (χ2n) is 7.62. The molecule has 0 spiro atoms. The molecular weight excluding hydrogens is 338 g/mol. The summed E-state index contributed by atoms with van der Waals surface area (Å²) in [6, 6.07) is 13.9. The first kappa shape index (κ1) is 17.7. The van der Waals surface area contributed by atoms with Gasteiger partial charge in [0, 0.05) is 25.3 Å². The van der Waals surface area contributed by atoms with Crippen LogP contribution in [-0.4, -0.2) is 45.7 Å². The molecule has 5 rings (SSSR count). The molecule has 2 atom stereocenters. The number of piperidine rings is 1. The van der Waals surface area contributed by atoms with Crippen molar-refractivity contribution in [3.05, 3.63) is 65.5 Å². The Morgan fingerprint density at radius 1 is 1.11 bits per heavy atom. The average Bonchev–Trinajstić information content (AvgIpc) is 2.97. The third-order valence-corrected chi connectivity index (χ3v) is 5.81. The lowest BCUT2D eigenvalue weighted by atomic mass is 9.94. The Bertz CT molecular complexity index is 836. The van der Waals surface area contributed by atoms with Crippen LogP contribution in [0.5, 0.6) is 0 Å². The van der Waals surface area contributed by atoms with E-state index in [1.54, 1.807) is 6.20 Å². The lowest BCUT2D eigenvalue weighted by Crippen LogP contribution is -2.47. The molecule has 0 radical (unpaired) electrons. The molecule has 2 aromatic rings. The lowest BCUT2D eigenvalue weighted by Gasteiger charge is -2.35. The Morgan fingerprint density at radius 2 is 1.93 bits per heavy atom. The third kappa shape index (κ3) is 3.72. The maximum Gasteiger partial charge on any atom is 0.228 e. The zero-order chi connectivity index (χ0) is 18.8. The zero-order valence-electron chi connectivity index (χ0n) is 15.7. The molecule has 1 aromatic heterocycles. The van der Waals surface area contributed by atoms with Gasteiger partial charge in [0.25, 0.3) is 0 Å². The number of carbonyl (C=O) groups is 2. The van der Waals surface area contributed by atoms with E-state index in [1.165, 1.54) is 0 Å². The largest absolute Gasteiger partial charge is 0.340 e. The fraction of sp³-hybridized carbons (Fsp3) is 0.409. The van der Waals surface area contributed by atoms with Crippen molar-refractivity contribution in [1.29, 1.82) is 0 Å². The molecule has 3 aliphatic rings. The number of hydrogen-bond donors (Lipinski definition) is 0. The Labute approximate surface area is 160 Å². The van der Waals surface area contributed by atoms with Crippen LogP contribution in [0.25, 0.3) is 0 Å². The standard InChI is InChI=1S/C22H25N3O2/c1-16-6-2-3-7-17(16)12-21(26)24-13-18-9-10-20(15-24)25(22(18)27)14-19-8-4-5-11-23-19/h2-8,11,18,20H,9-10,12-15H2,1H3/t18-,20+/m0/s1. The summed E-state index contributed by atoms with van der Waals surface area (Å²) in [5.74, 6) is 0.199. The Hall–Kier alpha value is -2.69. The van der Waals surface area contributed by atoms with E-state index in [2.05, 4.69) is 4.98 Å². The molecule has 0 N–H and O–H groups in total. The van der Waals surface area contributed by atoms with Crippen LogP contribution in [0.1, 0.15) is 29.7 Å². The van der Waals surface area contributed by atoms with Crippen molar-refractivity contribution in [3.8, 4) is 0 Å².